The fraction of sp³-hybridized carbons (Fsp3) is 0.0513. The van der Waals surface area contributed by atoms with Crippen molar-refractivity contribution in [2.24, 2.45) is 0 Å². The number of fused-ring (bicyclic) bond motifs is 7. The predicted octanol–water partition coefficient (Wildman–Crippen LogP) is 10.3. The predicted molar refractivity (Wildman–Crippen MR) is 184 cm³/mol. The first kappa shape index (κ1) is 25.1. The van der Waals surface area contributed by atoms with Crippen LogP contribution in [0, 0.1) is 0 Å². The van der Waals surface area contributed by atoms with Crippen molar-refractivity contribution in [3.63, 3.8) is 0 Å². The highest BCUT2D eigenvalue weighted by Crippen LogP contribution is 2.43. The first-order chi connectivity index (χ1) is 21.8. The van der Waals surface area contributed by atoms with Crippen molar-refractivity contribution in [1.82, 2.24) is 19.5 Å². The van der Waals surface area contributed by atoms with Crippen LogP contribution >= 0.6 is 11.3 Å². The lowest BCUT2D eigenvalue weighted by Crippen LogP contribution is -2.11. The van der Waals surface area contributed by atoms with Crippen molar-refractivity contribution in [3.05, 3.63) is 145 Å². The van der Waals surface area contributed by atoms with Gasteiger partial charge in [0.15, 0.2) is 5.82 Å². The number of thiophene rings is 1. The lowest BCUT2D eigenvalue weighted by atomic mass is 10.00. The van der Waals surface area contributed by atoms with Gasteiger partial charge in [0.05, 0.1) is 11.0 Å². The third kappa shape index (κ3) is 4.01. The second-order valence-electron chi connectivity index (χ2n) is 11.2. The molecule has 0 aliphatic heterocycles. The Kier molecular flexibility index (Phi) is 5.78. The Morgan fingerprint density at radius 1 is 0.591 bits per heavy atom. The van der Waals surface area contributed by atoms with E-state index >= 15 is 0 Å². The first-order valence-electron chi connectivity index (χ1n) is 14.9. The van der Waals surface area contributed by atoms with Crippen LogP contribution in [0.5, 0.6) is 0 Å². The summed E-state index contributed by atoms with van der Waals surface area (Å²) in [7, 11) is 0. The van der Waals surface area contributed by atoms with Gasteiger partial charge in [0.25, 0.3) is 0 Å². The molecule has 0 bridgehead atoms. The third-order valence-electron chi connectivity index (χ3n) is 8.58. The minimum Gasteiger partial charge on any atom is -0.278 e. The fourth-order valence-corrected chi connectivity index (χ4v) is 7.70. The number of rotatable bonds is 4. The topological polar surface area (TPSA) is 43.6 Å². The maximum absolute atomic E-state index is 5.17. The van der Waals surface area contributed by atoms with Crippen LogP contribution in [0.3, 0.4) is 0 Å². The molecule has 1 atom stereocenters. The van der Waals surface area contributed by atoms with Gasteiger partial charge in [-0.25, -0.2) is 4.98 Å². The molecule has 0 saturated heterocycles. The second kappa shape index (κ2) is 10.1. The van der Waals surface area contributed by atoms with E-state index in [0.717, 1.165) is 28.8 Å². The molecule has 0 amide bonds. The van der Waals surface area contributed by atoms with Crippen LogP contribution in [0.15, 0.2) is 140 Å². The zero-order valence-electron chi connectivity index (χ0n) is 23.8. The van der Waals surface area contributed by atoms with Gasteiger partial charge in [-0.3, -0.25) is 4.57 Å². The molecule has 1 unspecified atom stereocenters. The molecular weight excluding hydrogens is 557 g/mol. The second-order valence-corrected chi connectivity index (χ2v) is 12.3. The van der Waals surface area contributed by atoms with Crippen LogP contribution in [-0.4, -0.2) is 19.5 Å². The van der Waals surface area contributed by atoms with E-state index in [1.165, 1.54) is 42.1 Å². The molecule has 0 fully saturated rings. The maximum atomic E-state index is 5.17. The molecule has 5 heteroatoms. The van der Waals surface area contributed by atoms with Crippen LogP contribution in [0.2, 0.25) is 0 Å². The smallest absolute Gasteiger partial charge is 0.238 e. The quantitative estimate of drug-likeness (QED) is 0.207. The molecule has 8 aromatic rings. The molecule has 4 nitrogen and oxygen atoms in total. The summed E-state index contributed by atoms with van der Waals surface area (Å²) in [6.07, 6.45) is 9.41. The summed E-state index contributed by atoms with van der Waals surface area (Å²) in [5, 5.41) is 5.04. The van der Waals surface area contributed by atoms with Crippen molar-refractivity contribution >= 4 is 53.3 Å². The summed E-state index contributed by atoms with van der Waals surface area (Å²) in [6, 6.07) is 40.8. The number of hydrogen-bond acceptors (Lipinski definition) is 4. The molecular formula is C39H26N4S. The van der Waals surface area contributed by atoms with E-state index in [-0.39, 0.29) is 5.92 Å². The van der Waals surface area contributed by atoms with Gasteiger partial charge < -0.3 is 0 Å². The maximum Gasteiger partial charge on any atom is 0.238 e. The van der Waals surface area contributed by atoms with E-state index < -0.39 is 0 Å². The monoisotopic (exact) mass is 582 g/mol. The summed E-state index contributed by atoms with van der Waals surface area (Å²) in [5.74, 6) is 2.20. The Bertz CT molecular complexity index is 2410. The Hall–Kier alpha value is -5.39. The standard InChI is InChI=1S/C39H26N4S/c1-3-11-25(12-4-1)26-19-21-28(22-20-26)38-40-37(27-13-5-2-6-14-27)41-39(42-38)43-32-17-9-7-16-31(32)35-33(43)24-23-30-29-15-8-10-18-34(29)44-36(30)35/h1-13,15-24,27H,14H2. The van der Waals surface area contributed by atoms with Crippen molar-refractivity contribution in [3.8, 4) is 28.5 Å². The summed E-state index contributed by atoms with van der Waals surface area (Å²) < 4.78 is 4.82. The summed E-state index contributed by atoms with van der Waals surface area (Å²) in [6.45, 7) is 0. The lowest BCUT2D eigenvalue weighted by Gasteiger charge is -2.15. The molecule has 1 aliphatic carbocycles. The van der Waals surface area contributed by atoms with Crippen molar-refractivity contribution < 1.29 is 0 Å². The van der Waals surface area contributed by atoms with E-state index in [1.807, 2.05) is 17.4 Å². The highest BCUT2D eigenvalue weighted by atomic mass is 32.1. The average Bonchev–Trinajstić information content (AvgIpc) is 3.65. The van der Waals surface area contributed by atoms with Gasteiger partial charge in [-0.05, 0) is 35.7 Å². The van der Waals surface area contributed by atoms with E-state index in [9.17, 15) is 0 Å². The summed E-state index contributed by atoms with van der Waals surface area (Å²) >= 11 is 1.86. The Morgan fingerprint density at radius 2 is 1.34 bits per heavy atom. The lowest BCUT2D eigenvalue weighted by molar-refractivity contribution is 0.750. The van der Waals surface area contributed by atoms with Crippen LogP contribution in [0.1, 0.15) is 18.2 Å². The zero-order chi connectivity index (χ0) is 29.0. The van der Waals surface area contributed by atoms with Gasteiger partial charge in [0, 0.05) is 42.4 Å². The molecule has 3 aromatic heterocycles. The Balaban J connectivity index is 1.29. The van der Waals surface area contributed by atoms with E-state index in [4.69, 9.17) is 15.0 Å². The van der Waals surface area contributed by atoms with Crippen molar-refractivity contribution in [1.29, 1.82) is 0 Å². The molecule has 0 saturated carbocycles. The average molecular weight is 583 g/mol. The highest BCUT2D eigenvalue weighted by molar-refractivity contribution is 7.26. The molecule has 44 heavy (non-hydrogen) atoms. The molecule has 9 rings (SSSR count). The molecule has 0 spiro atoms. The highest BCUT2D eigenvalue weighted by Gasteiger charge is 2.22. The Labute approximate surface area is 258 Å². The van der Waals surface area contributed by atoms with Gasteiger partial charge in [0.2, 0.25) is 5.95 Å². The number of benzene rings is 5. The van der Waals surface area contributed by atoms with E-state index in [0.29, 0.717) is 11.8 Å². The number of para-hydroxylation sites is 1. The molecule has 3 heterocycles. The molecule has 208 valence electrons. The molecule has 0 N–H and O–H groups in total. The van der Waals surface area contributed by atoms with Gasteiger partial charge in [-0.2, -0.15) is 9.97 Å². The first-order valence-corrected chi connectivity index (χ1v) is 15.7. The minimum absolute atomic E-state index is 0.0893. The molecule has 5 aromatic carbocycles. The summed E-state index contributed by atoms with van der Waals surface area (Å²) in [4.78, 5) is 15.4. The van der Waals surface area contributed by atoms with Crippen molar-refractivity contribution in [2.45, 2.75) is 12.3 Å². The summed E-state index contributed by atoms with van der Waals surface area (Å²) in [5.41, 5.74) is 5.52. The molecule has 1 aliphatic rings. The SMILES string of the molecule is C1=CCC(c2nc(-c3ccc(-c4ccccc4)cc3)nc(-n3c4ccccc4c4c5sc6ccccc6c5ccc43)n2)C=C1. The van der Waals surface area contributed by atoms with E-state index in [2.05, 4.69) is 138 Å². The van der Waals surface area contributed by atoms with E-state index in [1.54, 1.807) is 0 Å². The minimum atomic E-state index is 0.0893. The fourth-order valence-electron chi connectivity index (χ4n) is 6.44. The largest absolute Gasteiger partial charge is 0.278 e. The number of aromatic nitrogens is 4. The number of hydrogen-bond donors (Lipinski definition) is 0. The molecule has 0 radical (unpaired) electrons. The van der Waals surface area contributed by atoms with Gasteiger partial charge in [-0.15, -0.1) is 11.3 Å². The zero-order valence-corrected chi connectivity index (χ0v) is 24.6. The van der Waals surface area contributed by atoms with Crippen LogP contribution in [0.25, 0.3) is 70.4 Å². The van der Waals surface area contributed by atoms with Gasteiger partial charge in [0.1, 0.15) is 5.82 Å². The third-order valence-corrected chi connectivity index (χ3v) is 9.79. The number of nitrogens with zero attached hydrogens (tertiary/aromatic N) is 4. The van der Waals surface area contributed by atoms with Crippen LogP contribution in [-0.2, 0) is 0 Å². The van der Waals surface area contributed by atoms with Crippen molar-refractivity contribution in [2.75, 3.05) is 0 Å². The Morgan fingerprint density at radius 3 is 2.18 bits per heavy atom. The van der Waals surface area contributed by atoms with Gasteiger partial charge >= 0.3 is 0 Å². The van der Waals surface area contributed by atoms with Crippen LogP contribution < -0.4 is 0 Å². The van der Waals surface area contributed by atoms with Gasteiger partial charge in [-0.1, -0.05) is 121 Å². The number of allylic oxidation sites excluding steroid dienone is 4. The normalized spacial score (nSPS) is 14.8. The van der Waals surface area contributed by atoms with Crippen LogP contribution in [0.4, 0.5) is 0 Å².